The smallest absolute Gasteiger partial charge is 0.239 e. The van der Waals surface area contributed by atoms with Crippen molar-refractivity contribution >= 4 is 5.91 Å². The molecule has 1 aromatic rings. The standard InChI is InChI=1S/C19H27F2N3O/c1-2-18(15-7-6-14(20)13-16(15)21)23-9-11-24(12-10-23)19(25)17-5-3-4-8-22-17/h6-7,13,17-18,22H,2-5,8-12H2,1H3/t17-,18?/m1/s1. The van der Waals surface area contributed by atoms with Gasteiger partial charge in [0.15, 0.2) is 0 Å². The number of piperidine rings is 1. The third-order valence-electron chi connectivity index (χ3n) is 5.38. The van der Waals surface area contributed by atoms with Gasteiger partial charge in [-0.25, -0.2) is 8.78 Å². The third kappa shape index (κ3) is 4.18. The van der Waals surface area contributed by atoms with E-state index in [9.17, 15) is 13.6 Å². The van der Waals surface area contributed by atoms with Crippen LogP contribution in [0.5, 0.6) is 0 Å². The highest BCUT2D eigenvalue weighted by Gasteiger charge is 2.31. The number of carbonyl (C=O) groups excluding carboxylic acids is 1. The zero-order chi connectivity index (χ0) is 17.8. The average molecular weight is 351 g/mol. The molecular formula is C19H27F2N3O. The highest BCUT2D eigenvalue weighted by atomic mass is 19.1. The largest absolute Gasteiger partial charge is 0.339 e. The molecule has 0 spiro atoms. The van der Waals surface area contributed by atoms with Gasteiger partial charge in [0.1, 0.15) is 11.6 Å². The molecule has 25 heavy (non-hydrogen) atoms. The van der Waals surface area contributed by atoms with Crippen LogP contribution in [0.25, 0.3) is 0 Å². The van der Waals surface area contributed by atoms with E-state index in [0.717, 1.165) is 38.3 Å². The van der Waals surface area contributed by atoms with Gasteiger partial charge in [-0.05, 0) is 31.9 Å². The summed E-state index contributed by atoms with van der Waals surface area (Å²) >= 11 is 0. The molecule has 0 bridgehead atoms. The summed E-state index contributed by atoms with van der Waals surface area (Å²) in [5.74, 6) is -0.844. The van der Waals surface area contributed by atoms with E-state index < -0.39 is 11.6 Å². The van der Waals surface area contributed by atoms with Crippen molar-refractivity contribution in [2.75, 3.05) is 32.7 Å². The van der Waals surface area contributed by atoms with Crippen LogP contribution in [0.2, 0.25) is 0 Å². The Bertz CT molecular complexity index is 596. The normalized spacial score (nSPS) is 23.5. The van der Waals surface area contributed by atoms with E-state index in [-0.39, 0.29) is 18.0 Å². The maximum atomic E-state index is 14.2. The molecule has 2 aliphatic rings. The Balaban J connectivity index is 1.61. The SMILES string of the molecule is CCC(c1ccc(F)cc1F)N1CCN(C(=O)[C@H]2CCCCN2)CC1. The van der Waals surface area contributed by atoms with Crippen LogP contribution in [0.4, 0.5) is 8.78 Å². The predicted octanol–water partition coefficient (Wildman–Crippen LogP) is 2.70. The van der Waals surface area contributed by atoms with Crippen LogP contribution < -0.4 is 5.32 Å². The van der Waals surface area contributed by atoms with Crippen molar-refractivity contribution in [3.05, 3.63) is 35.4 Å². The lowest BCUT2D eigenvalue weighted by molar-refractivity contribution is -0.136. The first-order valence-corrected chi connectivity index (χ1v) is 9.31. The molecule has 1 unspecified atom stereocenters. The molecule has 3 rings (SSSR count). The minimum absolute atomic E-state index is 0.0446. The van der Waals surface area contributed by atoms with Gasteiger partial charge in [-0.1, -0.05) is 19.4 Å². The van der Waals surface area contributed by atoms with Crippen molar-refractivity contribution in [2.45, 2.75) is 44.7 Å². The Morgan fingerprint density at radius 1 is 1.24 bits per heavy atom. The summed E-state index contributed by atoms with van der Waals surface area (Å²) < 4.78 is 27.3. The predicted molar refractivity (Wildman–Crippen MR) is 93.2 cm³/mol. The van der Waals surface area contributed by atoms with Crippen LogP contribution in [-0.4, -0.2) is 54.5 Å². The van der Waals surface area contributed by atoms with Gasteiger partial charge in [-0.15, -0.1) is 0 Å². The summed E-state index contributed by atoms with van der Waals surface area (Å²) in [5.41, 5.74) is 0.539. The number of piperazine rings is 1. The topological polar surface area (TPSA) is 35.6 Å². The van der Waals surface area contributed by atoms with Gasteiger partial charge in [-0.2, -0.15) is 0 Å². The molecule has 1 aromatic carbocycles. The molecule has 2 atom stereocenters. The number of nitrogens with zero attached hydrogens (tertiary/aromatic N) is 2. The molecule has 1 N–H and O–H groups in total. The second-order valence-corrected chi connectivity index (χ2v) is 6.95. The lowest BCUT2D eigenvalue weighted by Crippen LogP contribution is -2.55. The first-order valence-electron chi connectivity index (χ1n) is 9.31. The van der Waals surface area contributed by atoms with Crippen molar-refractivity contribution in [1.82, 2.24) is 15.1 Å². The van der Waals surface area contributed by atoms with Crippen LogP contribution in [-0.2, 0) is 4.79 Å². The summed E-state index contributed by atoms with van der Waals surface area (Å²) in [4.78, 5) is 16.7. The van der Waals surface area contributed by atoms with E-state index in [1.165, 1.54) is 6.07 Å². The van der Waals surface area contributed by atoms with E-state index in [1.54, 1.807) is 6.07 Å². The number of benzene rings is 1. The van der Waals surface area contributed by atoms with E-state index in [0.29, 0.717) is 31.7 Å². The van der Waals surface area contributed by atoms with Gasteiger partial charge in [0.25, 0.3) is 0 Å². The Morgan fingerprint density at radius 3 is 2.60 bits per heavy atom. The fourth-order valence-corrected chi connectivity index (χ4v) is 3.98. The van der Waals surface area contributed by atoms with Crippen LogP contribution in [0.3, 0.4) is 0 Å². The quantitative estimate of drug-likeness (QED) is 0.906. The molecule has 2 heterocycles. The fraction of sp³-hybridized carbons (Fsp3) is 0.632. The monoisotopic (exact) mass is 351 g/mol. The number of hydrogen-bond acceptors (Lipinski definition) is 3. The maximum Gasteiger partial charge on any atom is 0.239 e. The minimum atomic E-state index is -0.550. The number of amides is 1. The summed E-state index contributed by atoms with van der Waals surface area (Å²) in [7, 11) is 0. The first kappa shape index (κ1) is 18.3. The van der Waals surface area contributed by atoms with Gasteiger partial charge < -0.3 is 10.2 Å². The van der Waals surface area contributed by atoms with Crippen LogP contribution in [0.15, 0.2) is 18.2 Å². The van der Waals surface area contributed by atoms with Gasteiger partial charge in [0.05, 0.1) is 6.04 Å². The number of hydrogen-bond donors (Lipinski definition) is 1. The summed E-state index contributed by atoms with van der Waals surface area (Å²) in [6.45, 7) is 5.68. The highest BCUT2D eigenvalue weighted by molar-refractivity contribution is 5.82. The number of rotatable bonds is 4. The van der Waals surface area contributed by atoms with Gasteiger partial charge in [-0.3, -0.25) is 9.69 Å². The molecule has 138 valence electrons. The van der Waals surface area contributed by atoms with Crippen molar-refractivity contribution in [1.29, 1.82) is 0 Å². The molecule has 1 amide bonds. The van der Waals surface area contributed by atoms with Crippen molar-refractivity contribution < 1.29 is 13.6 Å². The summed E-state index contributed by atoms with van der Waals surface area (Å²) in [6, 6.07) is 3.69. The molecule has 4 nitrogen and oxygen atoms in total. The fourth-order valence-electron chi connectivity index (χ4n) is 3.98. The van der Waals surface area contributed by atoms with Crippen molar-refractivity contribution in [3.63, 3.8) is 0 Å². The Labute approximate surface area is 148 Å². The molecule has 6 heteroatoms. The number of carbonyl (C=O) groups is 1. The molecule has 0 saturated carbocycles. The minimum Gasteiger partial charge on any atom is -0.339 e. The second kappa shape index (κ2) is 8.23. The van der Waals surface area contributed by atoms with Crippen LogP contribution in [0, 0.1) is 11.6 Å². The third-order valence-corrected chi connectivity index (χ3v) is 5.38. The first-order chi connectivity index (χ1) is 12.1. The Hall–Kier alpha value is -1.53. The zero-order valence-corrected chi connectivity index (χ0v) is 14.8. The molecule has 2 saturated heterocycles. The zero-order valence-electron chi connectivity index (χ0n) is 14.8. The summed E-state index contributed by atoms with van der Waals surface area (Å²) in [6.07, 6.45) is 3.90. The molecule has 0 radical (unpaired) electrons. The molecule has 0 aromatic heterocycles. The van der Waals surface area contributed by atoms with Gasteiger partial charge in [0.2, 0.25) is 5.91 Å². The van der Waals surface area contributed by atoms with Crippen LogP contribution in [0.1, 0.15) is 44.2 Å². The van der Waals surface area contributed by atoms with E-state index in [2.05, 4.69) is 10.2 Å². The summed E-state index contributed by atoms with van der Waals surface area (Å²) in [5, 5.41) is 3.31. The van der Waals surface area contributed by atoms with Crippen LogP contribution >= 0.6 is 0 Å². The lowest BCUT2D eigenvalue weighted by Gasteiger charge is -2.40. The Morgan fingerprint density at radius 2 is 2.00 bits per heavy atom. The average Bonchev–Trinajstić information content (AvgIpc) is 2.65. The van der Waals surface area contributed by atoms with Crippen molar-refractivity contribution in [2.24, 2.45) is 0 Å². The molecule has 2 fully saturated rings. The van der Waals surface area contributed by atoms with E-state index >= 15 is 0 Å². The number of nitrogens with one attached hydrogen (secondary N) is 1. The van der Waals surface area contributed by atoms with E-state index in [4.69, 9.17) is 0 Å². The van der Waals surface area contributed by atoms with Crippen molar-refractivity contribution in [3.8, 4) is 0 Å². The lowest BCUT2D eigenvalue weighted by atomic mass is 10.0. The molecule has 0 aliphatic carbocycles. The van der Waals surface area contributed by atoms with Gasteiger partial charge >= 0.3 is 0 Å². The number of halogens is 2. The highest BCUT2D eigenvalue weighted by Crippen LogP contribution is 2.28. The molecular weight excluding hydrogens is 324 g/mol. The van der Waals surface area contributed by atoms with E-state index in [1.807, 2.05) is 11.8 Å². The second-order valence-electron chi connectivity index (χ2n) is 6.95. The Kier molecular flexibility index (Phi) is 6.02. The molecule has 2 aliphatic heterocycles. The van der Waals surface area contributed by atoms with Gasteiger partial charge in [0, 0.05) is 43.9 Å². The maximum absolute atomic E-state index is 14.2.